The molecule has 1 saturated heterocycles. The van der Waals surface area contributed by atoms with Gasteiger partial charge in [0.25, 0.3) is 5.92 Å². The van der Waals surface area contributed by atoms with Crippen LogP contribution in [-0.2, 0) is 4.79 Å². The Hall–Kier alpha value is -2.65. The van der Waals surface area contributed by atoms with Crippen LogP contribution in [0, 0.1) is 11.8 Å². The molecule has 0 radical (unpaired) electrons. The van der Waals surface area contributed by atoms with Gasteiger partial charge in [0, 0.05) is 6.07 Å². The molecule has 3 N–H and O–H groups in total. The summed E-state index contributed by atoms with van der Waals surface area (Å²) in [5.41, 5.74) is 5.74. The second kappa shape index (κ2) is 8.38. The van der Waals surface area contributed by atoms with Crippen LogP contribution in [0.1, 0.15) is 33.1 Å². The highest BCUT2D eigenvalue weighted by Gasteiger charge is 2.45. The third kappa shape index (κ3) is 5.91. The van der Waals surface area contributed by atoms with Gasteiger partial charge in [-0.15, -0.1) is 0 Å². The lowest BCUT2D eigenvalue weighted by Crippen LogP contribution is -2.56. The number of nitrogens with zero attached hydrogens (tertiary/aromatic N) is 2. The van der Waals surface area contributed by atoms with E-state index in [1.54, 1.807) is 0 Å². The normalized spacial score (nSPS) is 18.7. The molecule has 1 saturated carbocycles. The number of amides is 2. The van der Waals surface area contributed by atoms with E-state index in [-0.39, 0.29) is 17.7 Å². The summed E-state index contributed by atoms with van der Waals surface area (Å²) in [6, 6.07) is 2.07. The van der Waals surface area contributed by atoms with E-state index < -0.39 is 37.1 Å². The van der Waals surface area contributed by atoms with Gasteiger partial charge in [-0.2, -0.15) is 4.98 Å². The highest BCUT2D eigenvalue weighted by atomic mass is 19.3. The number of ether oxygens (including phenoxy) is 2. The number of halogens is 2. The number of primary amides is 1. The van der Waals surface area contributed by atoms with Gasteiger partial charge in [0.2, 0.25) is 17.7 Å². The summed E-state index contributed by atoms with van der Waals surface area (Å²) in [5, 5.41) is 2.42. The first-order valence-electron chi connectivity index (χ1n) is 9.67. The number of aromatic nitrogens is 1. The maximum atomic E-state index is 13.2. The zero-order chi connectivity index (χ0) is 21.2. The zero-order valence-electron chi connectivity index (χ0n) is 16.5. The lowest BCUT2D eigenvalue weighted by atomic mass is 10.0. The van der Waals surface area contributed by atoms with E-state index >= 15 is 0 Å². The number of carbonyl (C=O) groups is 2. The molecule has 2 fully saturated rings. The quantitative estimate of drug-likeness (QED) is 0.645. The van der Waals surface area contributed by atoms with E-state index in [4.69, 9.17) is 15.2 Å². The first-order valence-corrected chi connectivity index (χ1v) is 9.67. The van der Waals surface area contributed by atoms with Crippen LogP contribution in [0.4, 0.5) is 19.3 Å². The van der Waals surface area contributed by atoms with Crippen molar-refractivity contribution in [2.24, 2.45) is 17.6 Å². The van der Waals surface area contributed by atoms with E-state index in [1.165, 1.54) is 17.0 Å². The summed E-state index contributed by atoms with van der Waals surface area (Å²) in [6.45, 7) is 3.39. The van der Waals surface area contributed by atoms with Gasteiger partial charge < -0.3 is 25.4 Å². The topological polar surface area (TPSA) is 107 Å². The number of alkyl halides is 2. The Labute approximate surface area is 167 Å². The Morgan fingerprint density at radius 3 is 2.59 bits per heavy atom. The molecule has 2 heterocycles. The van der Waals surface area contributed by atoms with Crippen LogP contribution < -0.4 is 25.4 Å². The Balaban J connectivity index is 1.67. The van der Waals surface area contributed by atoms with Crippen molar-refractivity contribution in [3.8, 4) is 11.8 Å². The number of hydrogen-bond donors (Lipinski definition) is 2. The molecule has 0 spiro atoms. The van der Waals surface area contributed by atoms with E-state index in [0.29, 0.717) is 24.6 Å². The fourth-order valence-corrected chi connectivity index (χ4v) is 2.97. The standard InChI is InChI=1S/C19H26F2N4O4/c1-11(2)7-13(16(22)26)23-18(27)29-15-6-5-14(25-9-19(20,21)10-25)17(24-15)28-8-12-3-4-12/h5-6,11-13H,3-4,7-10H2,1-2H3,(H2,22,26)(H,23,27)/t13-/m0/s1. The molecule has 0 aromatic carbocycles. The number of hydrogen-bond acceptors (Lipinski definition) is 6. The number of rotatable bonds is 9. The molecular formula is C19H26F2N4O4. The summed E-state index contributed by atoms with van der Waals surface area (Å²) >= 11 is 0. The molecule has 1 aromatic rings. The lowest BCUT2D eigenvalue weighted by Gasteiger charge is -2.40. The average molecular weight is 412 g/mol. The van der Waals surface area contributed by atoms with Crippen LogP contribution in [0.3, 0.4) is 0 Å². The molecule has 1 aliphatic carbocycles. The van der Waals surface area contributed by atoms with Crippen LogP contribution >= 0.6 is 0 Å². The number of nitrogens with one attached hydrogen (secondary N) is 1. The molecule has 10 heteroatoms. The highest BCUT2D eigenvalue weighted by Crippen LogP contribution is 2.38. The van der Waals surface area contributed by atoms with Gasteiger partial charge in [-0.25, -0.2) is 13.6 Å². The Bertz CT molecular complexity index is 763. The van der Waals surface area contributed by atoms with Crippen molar-refractivity contribution in [3.63, 3.8) is 0 Å². The Morgan fingerprint density at radius 1 is 1.34 bits per heavy atom. The molecule has 29 heavy (non-hydrogen) atoms. The number of pyridine rings is 1. The van der Waals surface area contributed by atoms with Gasteiger partial charge in [0.05, 0.1) is 19.7 Å². The third-order valence-corrected chi connectivity index (χ3v) is 4.69. The summed E-state index contributed by atoms with van der Waals surface area (Å²) in [4.78, 5) is 29.3. The van der Waals surface area contributed by atoms with Crippen molar-refractivity contribution < 1.29 is 27.8 Å². The average Bonchev–Trinajstić information content (AvgIpc) is 3.41. The zero-order valence-corrected chi connectivity index (χ0v) is 16.5. The molecule has 0 unspecified atom stereocenters. The van der Waals surface area contributed by atoms with Crippen LogP contribution in [0.2, 0.25) is 0 Å². The van der Waals surface area contributed by atoms with Crippen molar-refractivity contribution in [1.29, 1.82) is 0 Å². The fraction of sp³-hybridized carbons (Fsp3) is 0.632. The smallest absolute Gasteiger partial charge is 0.414 e. The molecule has 1 atom stereocenters. The number of anilines is 1. The lowest BCUT2D eigenvalue weighted by molar-refractivity contribution is -0.120. The van der Waals surface area contributed by atoms with E-state index in [1.807, 2.05) is 13.8 Å². The van der Waals surface area contributed by atoms with Crippen molar-refractivity contribution in [2.45, 2.75) is 45.1 Å². The SMILES string of the molecule is CC(C)C[C@H](NC(=O)Oc1ccc(N2CC(F)(F)C2)c(OCC2CC2)n1)C(N)=O. The Kier molecular flexibility index (Phi) is 6.09. The van der Waals surface area contributed by atoms with Gasteiger partial charge in [0.15, 0.2) is 0 Å². The second-order valence-corrected chi connectivity index (χ2v) is 8.06. The van der Waals surface area contributed by atoms with Crippen LogP contribution in [0.15, 0.2) is 12.1 Å². The first kappa shape index (κ1) is 21.1. The molecule has 1 aromatic heterocycles. The van der Waals surface area contributed by atoms with Gasteiger partial charge in [0.1, 0.15) is 11.7 Å². The fourth-order valence-electron chi connectivity index (χ4n) is 2.97. The van der Waals surface area contributed by atoms with E-state index in [9.17, 15) is 18.4 Å². The summed E-state index contributed by atoms with van der Waals surface area (Å²) in [7, 11) is 0. The van der Waals surface area contributed by atoms with Crippen molar-refractivity contribution in [2.75, 3.05) is 24.6 Å². The molecule has 160 valence electrons. The molecule has 2 amide bonds. The monoisotopic (exact) mass is 412 g/mol. The summed E-state index contributed by atoms with van der Waals surface area (Å²) in [5.74, 6) is -2.73. The van der Waals surface area contributed by atoms with Crippen molar-refractivity contribution >= 4 is 17.7 Å². The maximum Gasteiger partial charge on any atom is 0.414 e. The molecule has 1 aliphatic heterocycles. The van der Waals surface area contributed by atoms with Crippen LogP contribution in [-0.4, -0.2) is 48.6 Å². The summed E-state index contributed by atoms with van der Waals surface area (Å²) in [6.07, 6.45) is 1.61. The molecule has 2 aliphatic rings. The molecule has 0 bridgehead atoms. The van der Waals surface area contributed by atoms with Crippen molar-refractivity contribution in [3.05, 3.63) is 12.1 Å². The third-order valence-electron chi connectivity index (χ3n) is 4.69. The summed E-state index contributed by atoms with van der Waals surface area (Å²) < 4.78 is 37.3. The van der Waals surface area contributed by atoms with E-state index in [2.05, 4.69) is 10.3 Å². The van der Waals surface area contributed by atoms with Crippen molar-refractivity contribution in [1.82, 2.24) is 10.3 Å². The van der Waals surface area contributed by atoms with E-state index in [0.717, 1.165) is 12.8 Å². The van der Waals surface area contributed by atoms with Gasteiger partial charge in [-0.05, 0) is 37.2 Å². The molecule has 8 nitrogen and oxygen atoms in total. The predicted molar refractivity (Wildman–Crippen MR) is 101 cm³/mol. The minimum absolute atomic E-state index is 0.0582. The van der Waals surface area contributed by atoms with Gasteiger partial charge in [-0.1, -0.05) is 13.8 Å². The maximum absolute atomic E-state index is 13.2. The molecular weight excluding hydrogens is 386 g/mol. The minimum Gasteiger partial charge on any atom is -0.476 e. The second-order valence-electron chi connectivity index (χ2n) is 8.06. The largest absolute Gasteiger partial charge is 0.476 e. The Morgan fingerprint density at radius 2 is 2.03 bits per heavy atom. The first-order chi connectivity index (χ1) is 13.6. The van der Waals surface area contributed by atoms with Gasteiger partial charge in [-0.3, -0.25) is 4.79 Å². The minimum atomic E-state index is -2.73. The van der Waals surface area contributed by atoms with Crippen LogP contribution in [0.25, 0.3) is 0 Å². The predicted octanol–water partition coefficient (Wildman–Crippen LogP) is 2.31. The number of carbonyl (C=O) groups excluding carboxylic acids is 2. The van der Waals surface area contributed by atoms with Crippen LogP contribution in [0.5, 0.6) is 11.8 Å². The van der Waals surface area contributed by atoms with Gasteiger partial charge >= 0.3 is 6.09 Å². The number of nitrogens with two attached hydrogens (primary N) is 1. The molecule has 3 rings (SSSR count). The highest BCUT2D eigenvalue weighted by molar-refractivity contribution is 5.84.